The Bertz CT molecular complexity index is 367. The second-order valence-corrected chi connectivity index (χ2v) is 5.20. The van der Waals surface area contributed by atoms with Crippen molar-refractivity contribution in [2.75, 3.05) is 5.32 Å². The summed E-state index contributed by atoms with van der Waals surface area (Å²) in [7, 11) is 0. The molecule has 0 amide bonds. The molecule has 2 atom stereocenters. The Balaban J connectivity index is 1.95. The summed E-state index contributed by atoms with van der Waals surface area (Å²) in [5, 5.41) is 8.17. The molecule has 2 aliphatic rings. The van der Waals surface area contributed by atoms with Crippen LogP contribution in [0.5, 0.6) is 0 Å². The highest BCUT2D eigenvalue weighted by Gasteiger charge is 2.33. The number of rotatable bonds is 1. The van der Waals surface area contributed by atoms with E-state index in [1.165, 1.54) is 37.1 Å². The average molecular weight is 205 g/mol. The predicted octanol–water partition coefficient (Wildman–Crippen LogP) is 2.60. The first-order chi connectivity index (χ1) is 7.25. The van der Waals surface area contributed by atoms with Gasteiger partial charge >= 0.3 is 0 Å². The molecular formula is C12H19N3. The number of fused-ring (bicyclic) bond motifs is 2. The van der Waals surface area contributed by atoms with Crippen LogP contribution in [0, 0.1) is 5.92 Å². The molecule has 1 fully saturated rings. The Hall–Kier alpha value is -0.990. The fraction of sp³-hybridized carbons (Fsp3) is 0.750. The molecule has 1 aliphatic heterocycles. The fourth-order valence-electron chi connectivity index (χ4n) is 3.03. The van der Waals surface area contributed by atoms with Gasteiger partial charge in [-0.3, -0.25) is 0 Å². The molecule has 82 valence electrons. The highest BCUT2D eigenvalue weighted by Crippen LogP contribution is 2.38. The Labute approximate surface area is 90.9 Å². The van der Waals surface area contributed by atoms with Gasteiger partial charge in [0.15, 0.2) is 0 Å². The van der Waals surface area contributed by atoms with Crippen LogP contribution in [-0.2, 0) is 6.42 Å². The van der Waals surface area contributed by atoms with Crippen LogP contribution in [0.1, 0.15) is 44.7 Å². The molecule has 1 N–H and O–H groups in total. The zero-order chi connectivity index (χ0) is 10.4. The number of aromatic nitrogens is 2. The van der Waals surface area contributed by atoms with Crippen LogP contribution in [0.4, 0.5) is 5.82 Å². The molecule has 0 spiro atoms. The quantitative estimate of drug-likeness (QED) is 0.763. The van der Waals surface area contributed by atoms with Gasteiger partial charge in [-0.25, -0.2) is 4.68 Å². The molecule has 3 rings (SSSR count). The second-order valence-electron chi connectivity index (χ2n) is 5.20. The molecule has 1 aliphatic carbocycles. The van der Waals surface area contributed by atoms with E-state index in [9.17, 15) is 0 Å². The molecule has 0 bridgehead atoms. The van der Waals surface area contributed by atoms with Crippen LogP contribution in [-0.4, -0.2) is 15.8 Å². The van der Waals surface area contributed by atoms with Crippen molar-refractivity contribution in [3.8, 4) is 0 Å². The van der Waals surface area contributed by atoms with Crippen molar-refractivity contribution >= 4 is 5.82 Å². The minimum atomic E-state index is 0.458. The SMILES string of the molecule is CC(C)n1ncc2c1NC1CCCC1C2. The summed E-state index contributed by atoms with van der Waals surface area (Å²) >= 11 is 0. The molecule has 0 radical (unpaired) electrons. The third kappa shape index (κ3) is 1.36. The summed E-state index contributed by atoms with van der Waals surface area (Å²) in [4.78, 5) is 0. The Morgan fingerprint density at radius 2 is 2.33 bits per heavy atom. The topological polar surface area (TPSA) is 29.9 Å². The normalized spacial score (nSPS) is 28.7. The van der Waals surface area contributed by atoms with Crippen LogP contribution in [0.3, 0.4) is 0 Å². The number of nitrogens with one attached hydrogen (secondary N) is 1. The van der Waals surface area contributed by atoms with Gasteiger partial charge in [0, 0.05) is 17.6 Å². The highest BCUT2D eigenvalue weighted by molar-refractivity contribution is 5.48. The van der Waals surface area contributed by atoms with Crippen molar-refractivity contribution in [3.05, 3.63) is 11.8 Å². The van der Waals surface area contributed by atoms with E-state index in [2.05, 4.69) is 35.1 Å². The molecule has 15 heavy (non-hydrogen) atoms. The molecule has 0 aromatic carbocycles. The van der Waals surface area contributed by atoms with Gasteiger partial charge in [-0.05, 0) is 39.0 Å². The van der Waals surface area contributed by atoms with E-state index < -0.39 is 0 Å². The van der Waals surface area contributed by atoms with E-state index in [1.54, 1.807) is 0 Å². The van der Waals surface area contributed by atoms with Crippen molar-refractivity contribution in [2.24, 2.45) is 5.92 Å². The summed E-state index contributed by atoms with van der Waals surface area (Å²) in [6.45, 7) is 4.38. The number of nitrogens with zero attached hydrogens (tertiary/aromatic N) is 2. The Kier molecular flexibility index (Phi) is 2.01. The summed E-state index contributed by atoms with van der Waals surface area (Å²) in [5.74, 6) is 2.15. The van der Waals surface area contributed by atoms with Crippen LogP contribution in [0.15, 0.2) is 6.20 Å². The van der Waals surface area contributed by atoms with Crippen molar-refractivity contribution in [2.45, 2.75) is 51.6 Å². The molecule has 2 unspecified atom stereocenters. The lowest BCUT2D eigenvalue weighted by Gasteiger charge is -2.29. The van der Waals surface area contributed by atoms with Gasteiger partial charge in [0.2, 0.25) is 0 Å². The molecular weight excluding hydrogens is 186 g/mol. The van der Waals surface area contributed by atoms with Crippen LogP contribution in [0.25, 0.3) is 0 Å². The van der Waals surface area contributed by atoms with Gasteiger partial charge in [0.1, 0.15) is 5.82 Å². The fourth-order valence-corrected chi connectivity index (χ4v) is 3.03. The van der Waals surface area contributed by atoms with Crippen LogP contribution in [0.2, 0.25) is 0 Å². The van der Waals surface area contributed by atoms with Gasteiger partial charge < -0.3 is 5.32 Å². The zero-order valence-electron chi connectivity index (χ0n) is 9.53. The van der Waals surface area contributed by atoms with Gasteiger partial charge in [0.25, 0.3) is 0 Å². The van der Waals surface area contributed by atoms with Crippen LogP contribution < -0.4 is 5.32 Å². The maximum absolute atomic E-state index is 4.48. The summed E-state index contributed by atoms with van der Waals surface area (Å²) in [6.07, 6.45) is 7.41. The lowest BCUT2D eigenvalue weighted by Crippen LogP contribution is -2.31. The standard InChI is InChI=1S/C12H19N3/c1-8(2)15-12-10(7-13-15)6-9-4-3-5-11(9)14-12/h7-9,11,14H,3-6H2,1-2H3. The molecule has 1 aromatic rings. The molecule has 2 heterocycles. The van der Waals surface area contributed by atoms with Crippen molar-refractivity contribution in [1.82, 2.24) is 9.78 Å². The summed E-state index contributed by atoms with van der Waals surface area (Å²) in [6, 6.07) is 1.17. The molecule has 1 saturated carbocycles. The minimum Gasteiger partial charge on any atom is -0.367 e. The minimum absolute atomic E-state index is 0.458. The monoisotopic (exact) mass is 205 g/mol. The smallest absolute Gasteiger partial charge is 0.128 e. The average Bonchev–Trinajstić information content (AvgIpc) is 2.77. The number of anilines is 1. The van der Waals surface area contributed by atoms with E-state index in [0.717, 1.165) is 5.92 Å². The summed E-state index contributed by atoms with van der Waals surface area (Å²) < 4.78 is 2.13. The first-order valence-corrected chi connectivity index (χ1v) is 6.08. The Morgan fingerprint density at radius 1 is 1.47 bits per heavy atom. The van der Waals surface area contributed by atoms with E-state index in [-0.39, 0.29) is 0 Å². The van der Waals surface area contributed by atoms with Crippen molar-refractivity contribution in [1.29, 1.82) is 0 Å². The van der Waals surface area contributed by atoms with E-state index in [1.807, 2.05) is 0 Å². The molecule has 0 saturated heterocycles. The Morgan fingerprint density at radius 3 is 3.13 bits per heavy atom. The third-order valence-corrected chi connectivity index (χ3v) is 3.82. The molecule has 3 heteroatoms. The van der Waals surface area contributed by atoms with Gasteiger partial charge in [-0.15, -0.1) is 0 Å². The second kappa shape index (κ2) is 3.26. The zero-order valence-corrected chi connectivity index (χ0v) is 9.53. The van der Waals surface area contributed by atoms with Crippen molar-refractivity contribution < 1.29 is 0 Å². The maximum Gasteiger partial charge on any atom is 0.128 e. The maximum atomic E-state index is 4.48. The van der Waals surface area contributed by atoms with E-state index in [0.29, 0.717) is 12.1 Å². The predicted molar refractivity (Wildman–Crippen MR) is 61.1 cm³/mol. The summed E-state index contributed by atoms with van der Waals surface area (Å²) in [5.41, 5.74) is 1.42. The van der Waals surface area contributed by atoms with E-state index >= 15 is 0 Å². The van der Waals surface area contributed by atoms with Gasteiger partial charge in [-0.1, -0.05) is 6.42 Å². The first-order valence-electron chi connectivity index (χ1n) is 6.08. The lowest BCUT2D eigenvalue weighted by molar-refractivity contribution is 0.470. The molecule has 3 nitrogen and oxygen atoms in total. The third-order valence-electron chi connectivity index (χ3n) is 3.82. The first kappa shape index (κ1) is 9.25. The lowest BCUT2D eigenvalue weighted by atomic mass is 9.92. The van der Waals surface area contributed by atoms with Crippen LogP contribution >= 0.6 is 0 Å². The van der Waals surface area contributed by atoms with Crippen molar-refractivity contribution in [3.63, 3.8) is 0 Å². The van der Waals surface area contributed by atoms with E-state index in [4.69, 9.17) is 0 Å². The highest BCUT2D eigenvalue weighted by atomic mass is 15.3. The number of hydrogen-bond acceptors (Lipinski definition) is 2. The number of hydrogen-bond donors (Lipinski definition) is 1. The van der Waals surface area contributed by atoms with Gasteiger partial charge in [0.05, 0.1) is 6.20 Å². The largest absolute Gasteiger partial charge is 0.367 e. The molecule has 1 aromatic heterocycles. The van der Waals surface area contributed by atoms with Gasteiger partial charge in [-0.2, -0.15) is 5.10 Å².